The minimum Gasteiger partial charge on any atom is -1.00 e. The van der Waals surface area contributed by atoms with Crippen LogP contribution >= 0.6 is 0 Å². The van der Waals surface area contributed by atoms with Crippen LogP contribution in [0.5, 0.6) is 0 Å². The Labute approximate surface area is 159 Å². The van der Waals surface area contributed by atoms with E-state index < -0.39 is 0 Å². The molecule has 0 bridgehead atoms. The first-order valence-electron chi connectivity index (χ1n) is 8.51. The van der Waals surface area contributed by atoms with E-state index in [1.54, 1.807) is 0 Å². The maximum absolute atomic E-state index is 12.1. The number of esters is 1. The topological polar surface area (TPSA) is 26.3 Å². The fraction of sp³-hybridized carbons (Fsp3) is 0.632. The van der Waals surface area contributed by atoms with Gasteiger partial charge in [-0.3, -0.25) is 4.79 Å². The molecule has 0 aliphatic rings. The number of rotatable bonds is 11. The van der Waals surface area contributed by atoms with E-state index in [1.165, 1.54) is 38.5 Å². The molecule has 0 saturated heterocycles. The van der Waals surface area contributed by atoms with E-state index in [0.29, 0.717) is 6.61 Å². The zero-order valence-electron chi connectivity index (χ0n) is 15.6. The third kappa shape index (κ3) is 8.97. The summed E-state index contributed by atoms with van der Waals surface area (Å²) in [6.45, 7) is 4.57. The smallest absolute Gasteiger partial charge is 1.00 e. The van der Waals surface area contributed by atoms with Gasteiger partial charge in [0.05, 0.1) is 12.5 Å². The molecule has 0 N–H and O–H groups in total. The standard InChI is InChI=1S/C19H30O2.Na.H/c1-3-5-6-7-8-9-13-16-18(19(20)21-4-2)17-14-11-10-12-15-17;;/h10-12,14-15,18H,3-9,13,16H2,1-2H3;;/q;+1;-1. The largest absolute Gasteiger partial charge is 1.00 e. The van der Waals surface area contributed by atoms with E-state index in [4.69, 9.17) is 4.74 Å². The zero-order valence-corrected chi connectivity index (χ0v) is 16.6. The van der Waals surface area contributed by atoms with Crippen molar-refractivity contribution in [3.05, 3.63) is 35.9 Å². The van der Waals surface area contributed by atoms with Gasteiger partial charge in [-0.15, -0.1) is 0 Å². The van der Waals surface area contributed by atoms with E-state index in [-0.39, 0.29) is 42.9 Å². The van der Waals surface area contributed by atoms with E-state index in [1.807, 2.05) is 37.3 Å². The molecule has 0 fully saturated rings. The normalized spacial score (nSPS) is 11.5. The van der Waals surface area contributed by atoms with Crippen LogP contribution in [0.2, 0.25) is 0 Å². The van der Waals surface area contributed by atoms with Crippen LogP contribution in [0.1, 0.15) is 78.1 Å². The first kappa shape index (κ1) is 21.7. The Bertz CT molecular complexity index is 384. The molecule has 1 unspecified atom stereocenters. The minimum absolute atomic E-state index is 0. The summed E-state index contributed by atoms with van der Waals surface area (Å²) in [5.41, 5.74) is 1.09. The molecule has 0 aromatic heterocycles. The fourth-order valence-corrected chi connectivity index (χ4v) is 2.65. The van der Waals surface area contributed by atoms with Crippen molar-refractivity contribution >= 4 is 5.97 Å². The molecular weight excluding hydrogens is 283 g/mol. The average Bonchev–Trinajstić information content (AvgIpc) is 2.51. The van der Waals surface area contributed by atoms with Crippen molar-refractivity contribution in [2.45, 2.75) is 71.1 Å². The first-order chi connectivity index (χ1) is 10.3. The Hall–Kier alpha value is -0.310. The first-order valence-corrected chi connectivity index (χ1v) is 8.51. The van der Waals surface area contributed by atoms with Gasteiger partial charge in [0.1, 0.15) is 0 Å². The molecular formula is C19H31NaO2. The summed E-state index contributed by atoms with van der Waals surface area (Å²) in [4.78, 5) is 12.1. The molecule has 0 spiro atoms. The van der Waals surface area contributed by atoms with Crippen molar-refractivity contribution in [3.8, 4) is 0 Å². The van der Waals surface area contributed by atoms with Crippen LogP contribution in [-0.2, 0) is 9.53 Å². The number of carbonyl (C=O) groups is 1. The van der Waals surface area contributed by atoms with Gasteiger partial charge in [0.25, 0.3) is 0 Å². The predicted octanol–water partition coefficient (Wildman–Crippen LogP) is 2.59. The molecule has 0 aliphatic heterocycles. The van der Waals surface area contributed by atoms with Crippen molar-refractivity contribution in [1.29, 1.82) is 0 Å². The van der Waals surface area contributed by atoms with Gasteiger partial charge in [-0.1, -0.05) is 82.2 Å². The molecule has 1 atom stereocenters. The maximum atomic E-state index is 12.1. The average molecular weight is 314 g/mol. The third-order valence-electron chi connectivity index (χ3n) is 3.87. The summed E-state index contributed by atoms with van der Waals surface area (Å²) in [5.74, 6) is -0.170. The SMILES string of the molecule is CCCCCCCCCC(C(=O)OCC)c1ccccc1.[H-].[Na+]. The molecule has 0 saturated carbocycles. The Morgan fingerprint density at radius 2 is 1.59 bits per heavy atom. The maximum Gasteiger partial charge on any atom is 1.00 e. The van der Waals surface area contributed by atoms with Crippen molar-refractivity contribution in [3.63, 3.8) is 0 Å². The van der Waals surface area contributed by atoms with Gasteiger partial charge < -0.3 is 6.16 Å². The summed E-state index contributed by atoms with van der Waals surface area (Å²) in [5, 5.41) is 0. The molecule has 22 heavy (non-hydrogen) atoms. The van der Waals surface area contributed by atoms with Crippen LogP contribution in [0.15, 0.2) is 30.3 Å². The summed E-state index contributed by atoms with van der Waals surface area (Å²) < 4.78 is 5.23. The van der Waals surface area contributed by atoms with Crippen molar-refractivity contribution < 1.29 is 40.5 Å². The summed E-state index contributed by atoms with van der Waals surface area (Å²) in [6, 6.07) is 10.0. The Kier molecular flexibility index (Phi) is 14.1. The van der Waals surface area contributed by atoms with Crippen LogP contribution in [0, 0.1) is 0 Å². The predicted molar refractivity (Wildman–Crippen MR) is 89.5 cm³/mol. The van der Waals surface area contributed by atoms with Gasteiger partial charge in [0, 0.05) is 0 Å². The van der Waals surface area contributed by atoms with Crippen LogP contribution in [0.25, 0.3) is 0 Å². The second-order valence-electron chi connectivity index (χ2n) is 5.63. The van der Waals surface area contributed by atoms with Gasteiger partial charge in [0.2, 0.25) is 0 Å². The molecule has 3 heteroatoms. The number of unbranched alkanes of at least 4 members (excludes halogenated alkanes) is 6. The summed E-state index contributed by atoms with van der Waals surface area (Å²) >= 11 is 0. The molecule has 120 valence electrons. The molecule has 1 aromatic carbocycles. The Morgan fingerprint density at radius 1 is 1.00 bits per heavy atom. The molecule has 0 aliphatic carbocycles. The summed E-state index contributed by atoms with van der Waals surface area (Å²) in [7, 11) is 0. The number of benzene rings is 1. The second-order valence-corrected chi connectivity index (χ2v) is 5.63. The Balaban J connectivity index is 0. The Morgan fingerprint density at radius 3 is 2.18 bits per heavy atom. The molecule has 0 amide bonds. The number of hydrogen-bond donors (Lipinski definition) is 0. The number of hydrogen-bond acceptors (Lipinski definition) is 2. The molecule has 1 aromatic rings. The molecule has 1 rings (SSSR count). The van der Waals surface area contributed by atoms with Gasteiger partial charge >= 0.3 is 35.5 Å². The molecule has 0 heterocycles. The van der Waals surface area contributed by atoms with E-state index >= 15 is 0 Å². The van der Waals surface area contributed by atoms with Gasteiger partial charge in [-0.05, 0) is 18.9 Å². The van der Waals surface area contributed by atoms with E-state index in [9.17, 15) is 4.79 Å². The van der Waals surface area contributed by atoms with Crippen LogP contribution in [0.3, 0.4) is 0 Å². The number of ether oxygens (including phenoxy) is 1. The minimum atomic E-state index is -0.0956. The zero-order chi connectivity index (χ0) is 15.3. The second kappa shape index (κ2) is 14.3. The summed E-state index contributed by atoms with van der Waals surface area (Å²) in [6.07, 6.45) is 9.80. The van der Waals surface area contributed by atoms with Crippen LogP contribution < -0.4 is 29.6 Å². The van der Waals surface area contributed by atoms with Gasteiger partial charge in [-0.2, -0.15) is 0 Å². The molecule has 2 nitrogen and oxygen atoms in total. The van der Waals surface area contributed by atoms with Crippen molar-refractivity contribution in [2.24, 2.45) is 0 Å². The van der Waals surface area contributed by atoms with E-state index in [0.717, 1.165) is 18.4 Å². The van der Waals surface area contributed by atoms with Crippen molar-refractivity contribution in [1.82, 2.24) is 0 Å². The monoisotopic (exact) mass is 314 g/mol. The fourth-order valence-electron chi connectivity index (χ4n) is 2.65. The van der Waals surface area contributed by atoms with E-state index in [2.05, 4.69) is 6.92 Å². The molecule has 0 radical (unpaired) electrons. The third-order valence-corrected chi connectivity index (χ3v) is 3.87. The van der Waals surface area contributed by atoms with Crippen molar-refractivity contribution in [2.75, 3.05) is 6.61 Å². The quantitative estimate of drug-likeness (QED) is 0.356. The van der Waals surface area contributed by atoms with Crippen LogP contribution in [-0.4, -0.2) is 12.6 Å². The van der Waals surface area contributed by atoms with Gasteiger partial charge in [0.15, 0.2) is 0 Å². The van der Waals surface area contributed by atoms with Crippen LogP contribution in [0.4, 0.5) is 0 Å². The number of carbonyl (C=O) groups excluding carboxylic acids is 1. The van der Waals surface area contributed by atoms with Gasteiger partial charge in [-0.25, -0.2) is 0 Å².